The van der Waals surface area contributed by atoms with E-state index in [2.05, 4.69) is 39.4 Å². The zero-order valence-electron chi connectivity index (χ0n) is 12.7. The highest BCUT2D eigenvalue weighted by Gasteiger charge is 2.33. The molecule has 2 N–H and O–H groups in total. The van der Waals surface area contributed by atoms with Gasteiger partial charge in [0, 0.05) is 35.7 Å². The summed E-state index contributed by atoms with van der Waals surface area (Å²) < 4.78 is 30.4. The van der Waals surface area contributed by atoms with Crippen molar-refractivity contribution < 1.29 is 13.5 Å². The van der Waals surface area contributed by atoms with Gasteiger partial charge < -0.3 is 10.5 Å². The fraction of sp³-hybridized carbons (Fsp3) is 0.600. The summed E-state index contributed by atoms with van der Waals surface area (Å²) in [5.74, 6) is 0.237. The number of nitrogens with two attached hydrogens (primary N) is 1. The van der Waals surface area contributed by atoms with E-state index in [1.54, 1.807) is 12.1 Å². The highest BCUT2D eigenvalue weighted by atomic mass is 79.9. The van der Waals surface area contributed by atoms with Gasteiger partial charge >= 0.3 is 6.61 Å². The first-order valence-corrected chi connectivity index (χ1v) is 7.78. The summed E-state index contributed by atoms with van der Waals surface area (Å²) >= 11 is 3.38. The van der Waals surface area contributed by atoms with Crippen LogP contribution in [0.4, 0.5) is 8.78 Å². The van der Waals surface area contributed by atoms with Crippen LogP contribution in [0.25, 0.3) is 0 Å². The molecule has 0 aliphatic carbocycles. The van der Waals surface area contributed by atoms with Crippen LogP contribution >= 0.6 is 28.3 Å². The van der Waals surface area contributed by atoms with Crippen LogP contribution in [0.15, 0.2) is 22.7 Å². The first-order chi connectivity index (χ1) is 9.78. The summed E-state index contributed by atoms with van der Waals surface area (Å²) in [6.45, 7) is 3.76. The predicted octanol–water partition coefficient (Wildman–Crippen LogP) is 4.03. The van der Waals surface area contributed by atoms with Crippen molar-refractivity contribution in [1.82, 2.24) is 4.90 Å². The predicted molar refractivity (Wildman–Crippen MR) is 89.7 cm³/mol. The van der Waals surface area contributed by atoms with E-state index >= 15 is 0 Å². The van der Waals surface area contributed by atoms with Gasteiger partial charge in [-0.1, -0.05) is 29.8 Å². The molecule has 1 heterocycles. The Morgan fingerprint density at radius 2 is 2.14 bits per heavy atom. The number of rotatable bonds is 4. The second kappa shape index (κ2) is 7.90. The Bertz CT molecular complexity index is 502. The molecule has 7 heteroatoms. The van der Waals surface area contributed by atoms with Crippen LogP contribution in [0, 0.1) is 5.41 Å². The molecule has 0 saturated carbocycles. The molecule has 1 saturated heterocycles. The van der Waals surface area contributed by atoms with E-state index in [-0.39, 0.29) is 29.6 Å². The molecule has 0 radical (unpaired) electrons. The van der Waals surface area contributed by atoms with Crippen LogP contribution in [0.5, 0.6) is 5.75 Å². The number of benzene rings is 1. The van der Waals surface area contributed by atoms with Gasteiger partial charge in [0.15, 0.2) is 0 Å². The molecule has 0 amide bonds. The Labute approximate surface area is 144 Å². The van der Waals surface area contributed by atoms with E-state index in [0.717, 1.165) is 29.5 Å². The maximum Gasteiger partial charge on any atom is 0.387 e. The number of likely N-dealkylation sites (tertiary alicyclic amines) is 1. The molecule has 126 valence electrons. The van der Waals surface area contributed by atoms with Crippen molar-refractivity contribution in [1.29, 1.82) is 0 Å². The Hall–Kier alpha value is -0.430. The molecule has 1 aliphatic rings. The molecule has 1 aromatic rings. The third kappa shape index (κ3) is 5.05. The number of piperidine rings is 1. The number of hydrogen-bond acceptors (Lipinski definition) is 3. The van der Waals surface area contributed by atoms with E-state index in [1.807, 2.05) is 6.07 Å². The molecule has 1 aromatic carbocycles. The Morgan fingerprint density at radius 3 is 2.73 bits per heavy atom. The summed E-state index contributed by atoms with van der Waals surface area (Å²) in [5.41, 5.74) is 6.91. The number of halogens is 4. The third-order valence-corrected chi connectivity index (χ3v) is 4.52. The van der Waals surface area contributed by atoms with Crippen LogP contribution in [0.3, 0.4) is 0 Å². The van der Waals surface area contributed by atoms with Gasteiger partial charge in [-0.15, -0.1) is 12.4 Å². The number of ether oxygens (including phenoxy) is 1. The van der Waals surface area contributed by atoms with E-state index in [1.165, 1.54) is 0 Å². The van der Waals surface area contributed by atoms with Gasteiger partial charge in [-0.25, -0.2) is 0 Å². The monoisotopic (exact) mass is 398 g/mol. The molecule has 0 spiro atoms. The molecule has 0 bridgehead atoms. The second-order valence-electron chi connectivity index (χ2n) is 6.22. The normalized spacial score (nSPS) is 21.5. The summed E-state index contributed by atoms with van der Waals surface area (Å²) in [7, 11) is 0. The minimum absolute atomic E-state index is 0. The number of nitrogens with zero attached hydrogens (tertiary/aromatic N) is 1. The maximum absolute atomic E-state index is 12.5. The molecule has 22 heavy (non-hydrogen) atoms. The van der Waals surface area contributed by atoms with Crippen molar-refractivity contribution >= 4 is 28.3 Å². The summed E-state index contributed by atoms with van der Waals surface area (Å²) in [5, 5.41) is 0. The fourth-order valence-corrected chi connectivity index (χ4v) is 3.15. The molecule has 1 aliphatic heterocycles. The quantitative estimate of drug-likeness (QED) is 0.831. The third-order valence-electron chi connectivity index (χ3n) is 4.02. The lowest BCUT2D eigenvalue weighted by Gasteiger charge is -2.42. The second-order valence-corrected chi connectivity index (χ2v) is 7.14. The first kappa shape index (κ1) is 19.6. The molecular formula is C15H22BrClF2N2O. The minimum Gasteiger partial charge on any atom is -0.434 e. The Kier molecular flexibility index (Phi) is 7.05. The zero-order valence-corrected chi connectivity index (χ0v) is 15.1. The molecule has 2 rings (SSSR count). The average Bonchev–Trinajstić information content (AvgIpc) is 2.36. The van der Waals surface area contributed by atoms with Gasteiger partial charge in [0.1, 0.15) is 5.75 Å². The molecule has 3 nitrogen and oxygen atoms in total. The smallest absolute Gasteiger partial charge is 0.387 e. The van der Waals surface area contributed by atoms with Crippen molar-refractivity contribution in [2.75, 3.05) is 13.1 Å². The van der Waals surface area contributed by atoms with Gasteiger partial charge in [0.2, 0.25) is 0 Å². The van der Waals surface area contributed by atoms with Gasteiger partial charge in [-0.3, -0.25) is 4.90 Å². The van der Waals surface area contributed by atoms with E-state index in [9.17, 15) is 8.78 Å². The topological polar surface area (TPSA) is 38.5 Å². The van der Waals surface area contributed by atoms with Crippen LogP contribution in [0.1, 0.15) is 25.8 Å². The molecule has 1 fully saturated rings. The average molecular weight is 400 g/mol. The van der Waals surface area contributed by atoms with E-state index < -0.39 is 6.61 Å². The number of hydrogen-bond donors (Lipinski definition) is 1. The van der Waals surface area contributed by atoms with Gasteiger partial charge in [-0.2, -0.15) is 8.78 Å². The van der Waals surface area contributed by atoms with Crippen molar-refractivity contribution in [3.8, 4) is 5.75 Å². The minimum atomic E-state index is -2.81. The Morgan fingerprint density at radius 1 is 1.45 bits per heavy atom. The lowest BCUT2D eigenvalue weighted by atomic mass is 9.79. The summed E-state index contributed by atoms with van der Waals surface area (Å²) in [4.78, 5) is 2.24. The van der Waals surface area contributed by atoms with Gasteiger partial charge in [0.05, 0.1) is 0 Å². The van der Waals surface area contributed by atoms with Crippen LogP contribution in [0.2, 0.25) is 0 Å². The highest BCUT2D eigenvalue weighted by molar-refractivity contribution is 9.10. The van der Waals surface area contributed by atoms with Crippen molar-refractivity contribution in [2.45, 2.75) is 39.5 Å². The standard InChI is InChI=1S/C15H21BrF2N2O.ClH/c1-15(2)9-20(6-5-13(15)19)8-10-7-11(16)3-4-12(10)21-14(17)18;/h3-4,7,13-14H,5-6,8-9,19H2,1-2H3;1H. The van der Waals surface area contributed by atoms with Crippen LogP contribution in [-0.4, -0.2) is 30.6 Å². The first-order valence-electron chi connectivity index (χ1n) is 6.99. The van der Waals surface area contributed by atoms with Crippen molar-refractivity contribution in [3.63, 3.8) is 0 Å². The maximum atomic E-state index is 12.5. The van der Waals surface area contributed by atoms with Crippen LogP contribution < -0.4 is 10.5 Å². The van der Waals surface area contributed by atoms with Gasteiger partial charge in [-0.05, 0) is 30.0 Å². The van der Waals surface area contributed by atoms with Gasteiger partial charge in [0.25, 0.3) is 0 Å². The summed E-state index contributed by atoms with van der Waals surface area (Å²) in [6, 6.07) is 5.29. The molecule has 1 atom stereocenters. The van der Waals surface area contributed by atoms with E-state index in [4.69, 9.17) is 5.73 Å². The Balaban J connectivity index is 0.00000242. The molecule has 0 aromatic heterocycles. The molecule has 1 unspecified atom stereocenters. The lowest BCUT2D eigenvalue weighted by molar-refractivity contribution is -0.0510. The van der Waals surface area contributed by atoms with Crippen molar-refractivity contribution in [3.05, 3.63) is 28.2 Å². The largest absolute Gasteiger partial charge is 0.434 e. The van der Waals surface area contributed by atoms with Crippen LogP contribution in [-0.2, 0) is 6.54 Å². The zero-order chi connectivity index (χ0) is 15.6. The number of alkyl halides is 2. The highest BCUT2D eigenvalue weighted by Crippen LogP contribution is 2.31. The molecular weight excluding hydrogens is 378 g/mol. The SMILES string of the molecule is CC1(C)CN(Cc2cc(Br)ccc2OC(F)F)CCC1N.Cl. The van der Waals surface area contributed by atoms with Crippen molar-refractivity contribution in [2.24, 2.45) is 11.1 Å². The lowest BCUT2D eigenvalue weighted by Crippen LogP contribution is -2.52. The fourth-order valence-electron chi connectivity index (χ4n) is 2.74. The summed E-state index contributed by atoms with van der Waals surface area (Å²) in [6.07, 6.45) is 0.909. The van der Waals surface area contributed by atoms with E-state index in [0.29, 0.717) is 6.54 Å².